The van der Waals surface area contributed by atoms with Crippen LogP contribution >= 0.6 is 0 Å². The van der Waals surface area contributed by atoms with E-state index in [-0.39, 0.29) is 24.4 Å². The number of unbranched alkanes of at least 4 members (excludes halogenated alkanes) is 3. The maximum Gasteiger partial charge on any atom is 0.0781 e. The molecule has 0 amide bonds. The van der Waals surface area contributed by atoms with E-state index < -0.39 is 0 Å². The van der Waals surface area contributed by atoms with Gasteiger partial charge in [-0.15, -0.1) is 0 Å². The second-order valence-corrected chi connectivity index (χ2v) is 6.61. The van der Waals surface area contributed by atoms with Gasteiger partial charge in [0.15, 0.2) is 0 Å². The van der Waals surface area contributed by atoms with Gasteiger partial charge in [0.05, 0.1) is 50.8 Å². The molecule has 0 aliphatic heterocycles. The van der Waals surface area contributed by atoms with Crippen LogP contribution in [0.15, 0.2) is 0 Å². The van der Waals surface area contributed by atoms with Crippen LogP contribution in [-0.2, 0) is 23.7 Å². The Hall–Kier alpha value is -0.200. The molecule has 24 heavy (non-hydrogen) atoms. The molecule has 0 aliphatic carbocycles. The van der Waals surface area contributed by atoms with Crippen molar-refractivity contribution in [3.8, 4) is 0 Å². The standard InChI is InChI=1S/C19H40O5/c1-7-8-9-10-11-21-12-17(3)23-14-19(5)24-15-18(4)22-13-16(2)20-6/h16-19H,7-15H2,1-6H3. The van der Waals surface area contributed by atoms with Crippen LogP contribution in [0.1, 0.15) is 60.3 Å². The molecule has 0 fully saturated rings. The summed E-state index contributed by atoms with van der Waals surface area (Å²) in [6.07, 6.45) is 5.23. The molecule has 4 unspecified atom stereocenters. The van der Waals surface area contributed by atoms with Gasteiger partial charge in [-0.1, -0.05) is 26.2 Å². The lowest BCUT2D eigenvalue weighted by molar-refractivity contribution is -0.0891. The fourth-order valence-electron chi connectivity index (χ4n) is 1.99. The Kier molecular flexibility index (Phi) is 16.1. The molecule has 0 aromatic rings. The van der Waals surface area contributed by atoms with Gasteiger partial charge in [0.1, 0.15) is 0 Å². The predicted octanol–water partition coefficient (Wildman–Crippen LogP) is 3.83. The zero-order valence-corrected chi connectivity index (χ0v) is 16.7. The van der Waals surface area contributed by atoms with Crippen molar-refractivity contribution in [1.82, 2.24) is 0 Å². The van der Waals surface area contributed by atoms with E-state index in [1.165, 1.54) is 19.3 Å². The van der Waals surface area contributed by atoms with Crippen LogP contribution in [0.4, 0.5) is 0 Å². The SMILES string of the molecule is CCCCCCOCC(C)OCC(C)OCC(C)OCC(C)OC. The molecule has 0 aromatic carbocycles. The molecular weight excluding hydrogens is 308 g/mol. The minimum atomic E-state index is 0.0444. The Morgan fingerprint density at radius 1 is 0.625 bits per heavy atom. The van der Waals surface area contributed by atoms with E-state index in [1.54, 1.807) is 7.11 Å². The Bertz CT molecular complexity index is 262. The Morgan fingerprint density at radius 3 is 1.62 bits per heavy atom. The van der Waals surface area contributed by atoms with Crippen LogP contribution in [-0.4, -0.2) is 64.6 Å². The second kappa shape index (κ2) is 16.3. The third-order valence-electron chi connectivity index (χ3n) is 3.74. The quantitative estimate of drug-likeness (QED) is 0.374. The minimum Gasteiger partial charge on any atom is -0.379 e. The van der Waals surface area contributed by atoms with Crippen LogP contribution in [0.5, 0.6) is 0 Å². The highest BCUT2D eigenvalue weighted by Crippen LogP contribution is 2.03. The highest BCUT2D eigenvalue weighted by atomic mass is 16.6. The molecule has 0 aliphatic rings. The maximum atomic E-state index is 5.77. The molecule has 0 heterocycles. The van der Waals surface area contributed by atoms with Crippen molar-refractivity contribution < 1.29 is 23.7 Å². The van der Waals surface area contributed by atoms with Crippen molar-refractivity contribution in [2.45, 2.75) is 84.7 Å². The van der Waals surface area contributed by atoms with Crippen molar-refractivity contribution >= 4 is 0 Å². The zero-order valence-electron chi connectivity index (χ0n) is 16.7. The first-order valence-electron chi connectivity index (χ1n) is 9.44. The van der Waals surface area contributed by atoms with Crippen LogP contribution in [0.3, 0.4) is 0 Å². The molecule has 0 saturated carbocycles. The predicted molar refractivity (Wildman–Crippen MR) is 97.7 cm³/mol. The highest BCUT2D eigenvalue weighted by molar-refractivity contribution is 4.56. The van der Waals surface area contributed by atoms with Crippen molar-refractivity contribution in [3.63, 3.8) is 0 Å². The summed E-state index contributed by atoms with van der Waals surface area (Å²) < 4.78 is 28.0. The fourth-order valence-corrected chi connectivity index (χ4v) is 1.99. The molecule has 0 bridgehead atoms. The van der Waals surface area contributed by atoms with Crippen LogP contribution < -0.4 is 0 Å². The summed E-state index contributed by atoms with van der Waals surface area (Å²) in [5, 5.41) is 0. The van der Waals surface area contributed by atoms with Gasteiger partial charge in [-0.25, -0.2) is 0 Å². The number of hydrogen-bond donors (Lipinski definition) is 0. The van der Waals surface area contributed by atoms with Gasteiger partial charge in [0.25, 0.3) is 0 Å². The van der Waals surface area contributed by atoms with E-state index in [2.05, 4.69) is 6.92 Å². The summed E-state index contributed by atoms with van der Waals surface area (Å²) in [7, 11) is 1.69. The molecule has 0 radical (unpaired) electrons. The van der Waals surface area contributed by atoms with Crippen LogP contribution in [0, 0.1) is 0 Å². The molecule has 0 aromatic heterocycles. The molecule has 5 heteroatoms. The third kappa shape index (κ3) is 15.3. The highest BCUT2D eigenvalue weighted by Gasteiger charge is 2.11. The smallest absolute Gasteiger partial charge is 0.0781 e. The summed E-state index contributed by atoms with van der Waals surface area (Å²) in [6, 6.07) is 0. The molecule has 0 saturated heterocycles. The molecule has 4 atom stereocenters. The van der Waals surface area contributed by atoms with E-state index in [0.29, 0.717) is 26.4 Å². The van der Waals surface area contributed by atoms with Gasteiger partial charge in [-0.2, -0.15) is 0 Å². The first-order chi connectivity index (χ1) is 11.5. The molecule has 0 N–H and O–H groups in total. The number of methoxy groups -OCH3 is 1. The topological polar surface area (TPSA) is 46.2 Å². The van der Waals surface area contributed by atoms with Gasteiger partial charge >= 0.3 is 0 Å². The van der Waals surface area contributed by atoms with Crippen LogP contribution in [0.2, 0.25) is 0 Å². The molecule has 5 nitrogen and oxygen atoms in total. The number of ether oxygens (including phenoxy) is 5. The number of hydrogen-bond acceptors (Lipinski definition) is 5. The lowest BCUT2D eigenvalue weighted by Crippen LogP contribution is -2.28. The molecule has 146 valence electrons. The zero-order chi connectivity index (χ0) is 18.2. The maximum absolute atomic E-state index is 5.77. The van der Waals surface area contributed by atoms with Gasteiger partial charge in [-0.3, -0.25) is 0 Å². The lowest BCUT2D eigenvalue weighted by atomic mass is 10.2. The van der Waals surface area contributed by atoms with Crippen molar-refractivity contribution in [2.75, 3.05) is 40.1 Å². The van der Waals surface area contributed by atoms with E-state index in [0.717, 1.165) is 13.0 Å². The van der Waals surface area contributed by atoms with Crippen molar-refractivity contribution in [1.29, 1.82) is 0 Å². The fraction of sp³-hybridized carbons (Fsp3) is 1.00. The summed E-state index contributed by atoms with van der Waals surface area (Å²) in [5.74, 6) is 0. The van der Waals surface area contributed by atoms with E-state index >= 15 is 0 Å². The minimum absolute atomic E-state index is 0.0444. The number of rotatable bonds is 17. The Balaban J connectivity index is 3.54. The van der Waals surface area contributed by atoms with E-state index in [9.17, 15) is 0 Å². The normalized spacial score (nSPS) is 16.8. The average Bonchev–Trinajstić information content (AvgIpc) is 2.58. The monoisotopic (exact) mass is 348 g/mol. The largest absolute Gasteiger partial charge is 0.379 e. The summed E-state index contributed by atoms with van der Waals surface area (Å²) in [6.45, 7) is 13.4. The van der Waals surface area contributed by atoms with Gasteiger partial charge in [0.2, 0.25) is 0 Å². The van der Waals surface area contributed by atoms with Crippen LogP contribution in [0.25, 0.3) is 0 Å². The van der Waals surface area contributed by atoms with Crippen molar-refractivity contribution in [3.05, 3.63) is 0 Å². The summed E-state index contributed by atoms with van der Waals surface area (Å²) in [5.41, 5.74) is 0. The van der Waals surface area contributed by atoms with E-state index in [1.807, 2.05) is 27.7 Å². The summed E-state index contributed by atoms with van der Waals surface area (Å²) in [4.78, 5) is 0. The Morgan fingerprint density at radius 2 is 1.12 bits per heavy atom. The average molecular weight is 349 g/mol. The van der Waals surface area contributed by atoms with Crippen molar-refractivity contribution in [2.24, 2.45) is 0 Å². The van der Waals surface area contributed by atoms with Gasteiger partial charge in [-0.05, 0) is 34.1 Å². The second-order valence-electron chi connectivity index (χ2n) is 6.61. The Labute approximate surface area is 149 Å². The van der Waals surface area contributed by atoms with E-state index in [4.69, 9.17) is 23.7 Å². The third-order valence-corrected chi connectivity index (χ3v) is 3.74. The molecule has 0 rings (SSSR count). The molecule has 0 spiro atoms. The molecular formula is C19H40O5. The van der Waals surface area contributed by atoms with Gasteiger partial charge < -0.3 is 23.7 Å². The first kappa shape index (κ1) is 23.8. The summed E-state index contributed by atoms with van der Waals surface area (Å²) >= 11 is 0. The first-order valence-corrected chi connectivity index (χ1v) is 9.44. The van der Waals surface area contributed by atoms with Gasteiger partial charge in [0, 0.05) is 13.7 Å². The lowest BCUT2D eigenvalue weighted by Gasteiger charge is -2.21.